The number of nitrogens with two attached hydrogens (primary N) is 1. The Labute approximate surface area is 248 Å². The number of nitrogens with one attached hydrogen (secondary N) is 1. The molecular formula is C24H26ClF3N6O6S2. The van der Waals surface area contributed by atoms with E-state index in [9.17, 15) is 36.3 Å². The number of carbonyl (C=O) groups excluding carboxylic acids is 1. The van der Waals surface area contributed by atoms with Crippen molar-refractivity contribution in [1.29, 1.82) is 0 Å². The van der Waals surface area contributed by atoms with E-state index in [1.165, 1.54) is 24.5 Å². The molecule has 2 aromatic heterocycles. The molecule has 3 aromatic rings. The van der Waals surface area contributed by atoms with Gasteiger partial charge in [0.1, 0.15) is 23.7 Å². The summed E-state index contributed by atoms with van der Waals surface area (Å²) >= 11 is 0.970. The summed E-state index contributed by atoms with van der Waals surface area (Å²) < 4.78 is 72.0. The first-order valence-electron chi connectivity index (χ1n) is 12.5. The number of nitrogen functional groups attached to an aromatic ring is 1. The lowest BCUT2D eigenvalue weighted by Gasteiger charge is -2.26. The van der Waals surface area contributed by atoms with Crippen LogP contribution >= 0.6 is 23.7 Å². The van der Waals surface area contributed by atoms with Gasteiger partial charge < -0.3 is 25.4 Å². The zero-order valence-corrected chi connectivity index (χ0v) is 24.2. The molecule has 5 rings (SSSR count). The van der Waals surface area contributed by atoms with E-state index in [-0.39, 0.29) is 46.3 Å². The molecule has 1 unspecified atom stereocenters. The minimum absolute atomic E-state index is 0. The normalized spacial score (nSPS) is 18.4. The molecule has 0 radical (unpaired) electrons. The minimum Gasteiger partial charge on any atom is -0.480 e. The van der Waals surface area contributed by atoms with Crippen LogP contribution in [-0.4, -0.2) is 78.3 Å². The Morgan fingerprint density at radius 2 is 1.95 bits per heavy atom. The number of alkyl halides is 3. The van der Waals surface area contributed by atoms with Crippen LogP contribution in [-0.2, 0) is 26.0 Å². The van der Waals surface area contributed by atoms with Crippen LogP contribution < -0.4 is 20.1 Å². The highest BCUT2D eigenvalue weighted by molar-refractivity contribution is 7.91. The van der Waals surface area contributed by atoms with Gasteiger partial charge >= 0.3 is 12.3 Å². The summed E-state index contributed by atoms with van der Waals surface area (Å²) in [5.41, 5.74) is 5.65. The fraction of sp³-hybridized carbons (Fsp3) is 0.417. The molecule has 1 aromatic carbocycles. The maximum Gasteiger partial charge on any atom is 0.573 e. The highest BCUT2D eigenvalue weighted by atomic mass is 35.5. The topological polar surface area (TPSA) is 168 Å². The standard InChI is InChI=1S/C24H25F3N6O6S2.ClH/c25-24(26,27)39-18-11-15-13(3-5-29-20(15)28)9-14(18)10-17(22(35)36)33-8-4-16(21(33)34)31-41(37,38)19-12-30-23(40-19)32-6-1-2-7-32;/h3,5,9,11-12,16-17,31H,1-2,4,6-8,10H2,(H2,28,29)(H,35,36);1H/t16-,17?;/m0./s1. The number of thiazole rings is 1. The molecular weight excluding hydrogens is 625 g/mol. The third-order valence-corrected chi connectivity index (χ3v) is 9.92. The van der Waals surface area contributed by atoms with Gasteiger partial charge in [-0.05, 0) is 48.4 Å². The Kier molecular flexibility index (Phi) is 9.05. The van der Waals surface area contributed by atoms with E-state index in [4.69, 9.17) is 5.73 Å². The smallest absolute Gasteiger partial charge is 0.480 e. The molecule has 0 aliphatic carbocycles. The molecule has 0 bridgehead atoms. The maximum absolute atomic E-state index is 13.2. The van der Waals surface area contributed by atoms with Gasteiger partial charge in [0.25, 0.3) is 10.0 Å². The molecule has 4 heterocycles. The van der Waals surface area contributed by atoms with Crippen molar-refractivity contribution in [1.82, 2.24) is 19.6 Å². The summed E-state index contributed by atoms with van der Waals surface area (Å²) in [6.07, 6.45) is -1.16. The second kappa shape index (κ2) is 12.1. The number of carboxylic acids is 1. The van der Waals surface area contributed by atoms with E-state index in [1.54, 1.807) is 0 Å². The van der Waals surface area contributed by atoms with Crippen molar-refractivity contribution in [3.63, 3.8) is 0 Å². The molecule has 18 heteroatoms. The molecule has 2 saturated heterocycles. The van der Waals surface area contributed by atoms with E-state index in [0.717, 1.165) is 48.2 Å². The molecule has 2 aliphatic rings. The number of amides is 1. The van der Waals surface area contributed by atoms with Crippen molar-refractivity contribution >= 4 is 67.4 Å². The average Bonchev–Trinajstić information content (AvgIpc) is 3.65. The van der Waals surface area contributed by atoms with Crippen molar-refractivity contribution < 1.29 is 41.0 Å². The average molecular weight is 651 g/mol. The SMILES string of the molecule is Cl.Nc1nccc2cc(CC(C(=O)O)N3CC[C@H](NS(=O)(=O)c4cnc(N5CCCC5)s4)C3=O)c(OC(F)(F)F)cc12. The number of benzene rings is 1. The van der Waals surface area contributed by atoms with Gasteiger partial charge in [-0.25, -0.2) is 23.2 Å². The van der Waals surface area contributed by atoms with Crippen molar-refractivity contribution in [2.75, 3.05) is 30.3 Å². The number of fused-ring (bicyclic) bond motifs is 1. The third-order valence-electron chi connectivity index (χ3n) is 6.93. The van der Waals surface area contributed by atoms with Gasteiger partial charge in [-0.1, -0.05) is 11.3 Å². The zero-order chi connectivity index (χ0) is 29.5. The third kappa shape index (κ3) is 6.63. The van der Waals surface area contributed by atoms with Gasteiger partial charge in [0.05, 0.1) is 6.20 Å². The zero-order valence-electron chi connectivity index (χ0n) is 21.7. The molecule has 2 fully saturated rings. The Morgan fingerprint density at radius 3 is 2.62 bits per heavy atom. The van der Waals surface area contributed by atoms with E-state index >= 15 is 0 Å². The Bertz CT molecular complexity index is 1600. The second-order valence-corrected chi connectivity index (χ2v) is 12.6. The number of pyridine rings is 1. The summed E-state index contributed by atoms with van der Waals surface area (Å²) in [7, 11) is -4.15. The molecule has 1 amide bonds. The fourth-order valence-corrected chi connectivity index (χ4v) is 7.39. The van der Waals surface area contributed by atoms with Gasteiger partial charge in [-0.15, -0.1) is 25.6 Å². The summed E-state index contributed by atoms with van der Waals surface area (Å²) in [4.78, 5) is 36.4. The molecule has 0 saturated carbocycles. The minimum atomic E-state index is -5.09. The Hall–Kier alpha value is -3.41. The number of anilines is 2. The van der Waals surface area contributed by atoms with Crippen molar-refractivity contribution in [3.8, 4) is 5.75 Å². The fourth-order valence-electron chi connectivity index (χ4n) is 4.98. The summed E-state index contributed by atoms with van der Waals surface area (Å²) in [5, 5.41) is 11.1. The lowest BCUT2D eigenvalue weighted by molar-refractivity contribution is -0.274. The number of aliphatic carboxylic acids is 1. The van der Waals surface area contributed by atoms with Gasteiger partial charge in [0, 0.05) is 37.6 Å². The molecule has 42 heavy (non-hydrogen) atoms. The Morgan fingerprint density at radius 1 is 1.24 bits per heavy atom. The monoisotopic (exact) mass is 650 g/mol. The van der Waals surface area contributed by atoms with E-state index in [1.807, 2.05) is 4.90 Å². The second-order valence-electron chi connectivity index (χ2n) is 9.63. The lowest BCUT2D eigenvalue weighted by atomic mass is 10.00. The predicted molar refractivity (Wildman–Crippen MR) is 149 cm³/mol. The van der Waals surface area contributed by atoms with Crippen LogP contribution in [0.15, 0.2) is 34.8 Å². The van der Waals surface area contributed by atoms with Crippen LogP contribution in [0.3, 0.4) is 0 Å². The maximum atomic E-state index is 13.2. The number of likely N-dealkylation sites (tertiary alicyclic amines) is 1. The first-order chi connectivity index (χ1) is 19.3. The number of nitrogens with zero attached hydrogens (tertiary/aromatic N) is 4. The quantitative estimate of drug-likeness (QED) is 0.313. The molecule has 228 valence electrons. The molecule has 2 atom stereocenters. The van der Waals surface area contributed by atoms with Crippen molar-refractivity contribution in [2.45, 2.75) is 48.3 Å². The number of sulfonamides is 1. The number of hydrogen-bond donors (Lipinski definition) is 3. The van der Waals surface area contributed by atoms with Crippen molar-refractivity contribution in [2.24, 2.45) is 0 Å². The van der Waals surface area contributed by atoms with Crippen LogP contribution in [0.5, 0.6) is 5.75 Å². The molecule has 2 aliphatic heterocycles. The van der Waals surface area contributed by atoms with E-state index in [2.05, 4.69) is 19.4 Å². The molecule has 12 nitrogen and oxygen atoms in total. The molecule has 0 spiro atoms. The van der Waals surface area contributed by atoms with Crippen LogP contribution in [0.25, 0.3) is 10.8 Å². The number of halogens is 4. The summed E-state index contributed by atoms with van der Waals surface area (Å²) in [6.45, 7) is 1.40. The highest BCUT2D eigenvalue weighted by Crippen LogP contribution is 2.34. The first kappa shape index (κ1) is 31.5. The number of carboxylic acid groups (broad SMARTS) is 1. The number of ether oxygens (including phenoxy) is 1. The van der Waals surface area contributed by atoms with Gasteiger partial charge in [0.2, 0.25) is 5.91 Å². The van der Waals surface area contributed by atoms with Crippen molar-refractivity contribution in [3.05, 3.63) is 36.2 Å². The van der Waals surface area contributed by atoms with Gasteiger partial charge in [-0.2, -0.15) is 4.72 Å². The number of rotatable bonds is 9. The van der Waals surface area contributed by atoms with Crippen LogP contribution in [0, 0.1) is 0 Å². The largest absolute Gasteiger partial charge is 0.573 e. The lowest BCUT2D eigenvalue weighted by Crippen LogP contribution is -2.48. The number of carbonyl (C=O) groups is 2. The first-order valence-corrected chi connectivity index (χ1v) is 14.8. The number of hydrogen-bond acceptors (Lipinski definition) is 10. The van der Waals surface area contributed by atoms with Crippen LogP contribution in [0.4, 0.5) is 24.1 Å². The Balaban J connectivity index is 0.00000405. The van der Waals surface area contributed by atoms with Gasteiger partial charge in [0.15, 0.2) is 9.34 Å². The van der Waals surface area contributed by atoms with Crippen LogP contribution in [0.2, 0.25) is 0 Å². The summed E-state index contributed by atoms with van der Waals surface area (Å²) in [6, 6.07) is 0.949. The van der Waals surface area contributed by atoms with E-state index in [0.29, 0.717) is 10.5 Å². The molecule has 4 N–H and O–H groups in total. The van der Waals surface area contributed by atoms with Gasteiger partial charge in [-0.3, -0.25) is 4.79 Å². The van der Waals surface area contributed by atoms with E-state index < -0.39 is 52.5 Å². The number of aromatic nitrogens is 2. The highest BCUT2D eigenvalue weighted by Gasteiger charge is 2.42. The summed E-state index contributed by atoms with van der Waals surface area (Å²) in [5.74, 6) is -3.02. The predicted octanol–water partition coefficient (Wildman–Crippen LogP) is 2.77. The van der Waals surface area contributed by atoms with Crippen LogP contribution in [0.1, 0.15) is 24.8 Å².